The summed E-state index contributed by atoms with van der Waals surface area (Å²) < 4.78 is 16.4. The van der Waals surface area contributed by atoms with Crippen molar-refractivity contribution in [1.29, 1.82) is 0 Å². The van der Waals surface area contributed by atoms with E-state index in [-0.39, 0.29) is 12.1 Å². The minimum absolute atomic E-state index is 0.113. The van der Waals surface area contributed by atoms with Crippen molar-refractivity contribution in [2.75, 3.05) is 7.11 Å². The highest BCUT2D eigenvalue weighted by Crippen LogP contribution is 2.29. The molecule has 1 atom stereocenters. The number of esters is 1. The molecule has 1 unspecified atom stereocenters. The number of benzene rings is 2. The molecule has 0 bridgehead atoms. The van der Waals surface area contributed by atoms with Crippen LogP contribution >= 0.6 is 0 Å². The van der Waals surface area contributed by atoms with Gasteiger partial charge in [-0.05, 0) is 37.1 Å². The van der Waals surface area contributed by atoms with Crippen molar-refractivity contribution >= 4 is 5.97 Å². The van der Waals surface area contributed by atoms with E-state index < -0.39 is 0 Å². The molecule has 122 valence electrons. The molecule has 0 aliphatic heterocycles. The molecule has 0 spiro atoms. The number of carbonyl (C=O) groups excluding carboxylic acids is 1. The van der Waals surface area contributed by atoms with Gasteiger partial charge in [-0.3, -0.25) is 0 Å². The van der Waals surface area contributed by atoms with Crippen molar-refractivity contribution in [2.45, 2.75) is 33.0 Å². The zero-order valence-corrected chi connectivity index (χ0v) is 13.7. The van der Waals surface area contributed by atoms with E-state index in [0.717, 1.165) is 12.0 Å². The van der Waals surface area contributed by atoms with Crippen LogP contribution in [0.5, 0.6) is 11.5 Å². The summed E-state index contributed by atoms with van der Waals surface area (Å²) in [5, 5.41) is 0. The number of carbonyl (C=O) groups is 1. The molecule has 4 heteroatoms. The Morgan fingerprint density at radius 1 is 1.09 bits per heavy atom. The lowest BCUT2D eigenvalue weighted by atomic mass is 10.2. The van der Waals surface area contributed by atoms with E-state index in [0.29, 0.717) is 23.7 Å². The molecule has 0 aliphatic rings. The van der Waals surface area contributed by atoms with Crippen LogP contribution < -0.4 is 9.47 Å². The topological polar surface area (TPSA) is 44.8 Å². The van der Waals surface area contributed by atoms with Crippen molar-refractivity contribution < 1.29 is 19.0 Å². The van der Waals surface area contributed by atoms with E-state index in [1.807, 2.05) is 44.2 Å². The van der Waals surface area contributed by atoms with Crippen molar-refractivity contribution in [3.63, 3.8) is 0 Å². The Hall–Kier alpha value is -2.49. The average molecular weight is 314 g/mol. The van der Waals surface area contributed by atoms with E-state index in [2.05, 4.69) is 0 Å². The Kier molecular flexibility index (Phi) is 6.03. The van der Waals surface area contributed by atoms with Crippen LogP contribution in [-0.2, 0) is 11.3 Å². The Balaban J connectivity index is 2.13. The zero-order chi connectivity index (χ0) is 16.7. The molecule has 0 heterocycles. The molecular weight excluding hydrogens is 292 g/mol. The summed E-state index contributed by atoms with van der Waals surface area (Å²) in [5.41, 5.74) is 1.50. The van der Waals surface area contributed by atoms with Crippen LogP contribution in [0.25, 0.3) is 0 Å². The van der Waals surface area contributed by atoms with Gasteiger partial charge in [-0.2, -0.15) is 0 Å². The van der Waals surface area contributed by atoms with E-state index in [9.17, 15) is 4.79 Å². The van der Waals surface area contributed by atoms with Crippen LogP contribution in [0, 0.1) is 0 Å². The molecule has 0 saturated carbocycles. The monoisotopic (exact) mass is 314 g/mol. The molecule has 0 saturated heterocycles. The minimum atomic E-state index is -0.355. The summed E-state index contributed by atoms with van der Waals surface area (Å²) in [6.45, 7) is 4.25. The summed E-state index contributed by atoms with van der Waals surface area (Å²) in [6, 6.07) is 14.9. The van der Waals surface area contributed by atoms with Crippen molar-refractivity contribution in [1.82, 2.24) is 0 Å². The fourth-order valence-corrected chi connectivity index (χ4v) is 1.99. The smallest absolute Gasteiger partial charge is 0.338 e. The first-order valence-corrected chi connectivity index (χ1v) is 7.69. The fraction of sp³-hybridized carbons (Fsp3) is 0.316. The minimum Gasteiger partial charge on any atom is -0.493 e. The number of methoxy groups -OCH3 is 1. The molecule has 0 aliphatic carbocycles. The SMILES string of the molecule is CCC(C)OC(=O)c1ccc(OC)c(OCc2ccccc2)c1. The van der Waals surface area contributed by atoms with Gasteiger partial charge < -0.3 is 14.2 Å². The third-order valence-electron chi connectivity index (χ3n) is 3.52. The average Bonchev–Trinajstić information content (AvgIpc) is 2.60. The van der Waals surface area contributed by atoms with Gasteiger partial charge in [0.25, 0.3) is 0 Å². The molecule has 0 amide bonds. The van der Waals surface area contributed by atoms with Gasteiger partial charge in [0, 0.05) is 0 Å². The standard InChI is InChI=1S/C19H22O4/c1-4-14(2)23-19(20)16-10-11-17(21-3)18(12-16)22-13-15-8-6-5-7-9-15/h5-12,14H,4,13H2,1-3H3. The predicted molar refractivity (Wildman–Crippen MR) is 88.9 cm³/mol. The Bertz CT molecular complexity index is 637. The Morgan fingerprint density at radius 2 is 1.83 bits per heavy atom. The first kappa shape index (κ1) is 16.9. The lowest BCUT2D eigenvalue weighted by molar-refractivity contribution is 0.0334. The van der Waals surface area contributed by atoms with Gasteiger partial charge in [0.05, 0.1) is 18.8 Å². The predicted octanol–water partition coefficient (Wildman–Crippen LogP) is 4.23. The van der Waals surface area contributed by atoms with Crippen LogP contribution in [0.4, 0.5) is 0 Å². The summed E-state index contributed by atoms with van der Waals surface area (Å²) in [4.78, 5) is 12.1. The molecule has 4 nitrogen and oxygen atoms in total. The van der Waals surface area contributed by atoms with E-state index >= 15 is 0 Å². The van der Waals surface area contributed by atoms with Crippen LogP contribution in [-0.4, -0.2) is 19.2 Å². The number of hydrogen-bond donors (Lipinski definition) is 0. The fourth-order valence-electron chi connectivity index (χ4n) is 1.99. The highest BCUT2D eigenvalue weighted by atomic mass is 16.5. The Labute approximate surface area is 137 Å². The molecule has 23 heavy (non-hydrogen) atoms. The van der Waals surface area contributed by atoms with Gasteiger partial charge in [0.15, 0.2) is 11.5 Å². The van der Waals surface area contributed by atoms with Crippen LogP contribution in [0.2, 0.25) is 0 Å². The summed E-state index contributed by atoms with van der Waals surface area (Å²) in [7, 11) is 1.57. The maximum Gasteiger partial charge on any atom is 0.338 e. The van der Waals surface area contributed by atoms with E-state index in [1.54, 1.807) is 25.3 Å². The molecule has 2 aromatic rings. The molecule has 0 fully saturated rings. The second-order valence-electron chi connectivity index (χ2n) is 5.26. The van der Waals surface area contributed by atoms with E-state index in [1.165, 1.54) is 0 Å². The van der Waals surface area contributed by atoms with Gasteiger partial charge in [-0.25, -0.2) is 4.79 Å². The van der Waals surface area contributed by atoms with E-state index in [4.69, 9.17) is 14.2 Å². The zero-order valence-electron chi connectivity index (χ0n) is 13.7. The number of rotatable bonds is 7. The number of ether oxygens (including phenoxy) is 3. The lowest BCUT2D eigenvalue weighted by Gasteiger charge is -2.14. The summed E-state index contributed by atoms with van der Waals surface area (Å²) in [5.74, 6) is 0.752. The first-order valence-electron chi connectivity index (χ1n) is 7.69. The third kappa shape index (κ3) is 4.74. The molecule has 0 radical (unpaired) electrons. The highest BCUT2D eigenvalue weighted by Gasteiger charge is 2.14. The largest absolute Gasteiger partial charge is 0.493 e. The van der Waals surface area contributed by atoms with Gasteiger partial charge in [-0.15, -0.1) is 0 Å². The second kappa shape index (κ2) is 8.22. The molecule has 2 rings (SSSR count). The van der Waals surface area contributed by atoms with Crippen molar-refractivity contribution in [3.05, 3.63) is 59.7 Å². The normalized spacial score (nSPS) is 11.6. The van der Waals surface area contributed by atoms with Crippen LogP contribution in [0.15, 0.2) is 48.5 Å². The summed E-state index contributed by atoms with van der Waals surface area (Å²) >= 11 is 0. The van der Waals surface area contributed by atoms with Gasteiger partial charge in [0.1, 0.15) is 6.61 Å². The molecule has 2 aromatic carbocycles. The van der Waals surface area contributed by atoms with Gasteiger partial charge in [0.2, 0.25) is 0 Å². The highest BCUT2D eigenvalue weighted by molar-refractivity contribution is 5.90. The van der Waals surface area contributed by atoms with Crippen LogP contribution in [0.1, 0.15) is 36.2 Å². The summed E-state index contributed by atoms with van der Waals surface area (Å²) in [6.07, 6.45) is 0.664. The molecule has 0 N–H and O–H groups in total. The maximum atomic E-state index is 12.1. The van der Waals surface area contributed by atoms with Gasteiger partial charge >= 0.3 is 5.97 Å². The van der Waals surface area contributed by atoms with Crippen LogP contribution in [0.3, 0.4) is 0 Å². The maximum absolute atomic E-state index is 12.1. The Morgan fingerprint density at radius 3 is 2.48 bits per heavy atom. The number of hydrogen-bond acceptors (Lipinski definition) is 4. The molecular formula is C19H22O4. The third-order valence-corrected chi connectivity index (χ3v) is 3.52. The van der Waals surface area contributed by atoms with Gasteiger partial charge in [-0.1, -0.05) is 37.3 Å². The quantitative estimate of drug-likeness (QED) is 0.717. The first-order chi connectivity index (χ1) is 11.1. The molecule has 0 aromatic heterocycles. The lowest BCUT2D eigenvalue weighted by Crippen LogP contribution is -2.14. The van der Waals surface area contributed by atoms with Crippen molar-refractivity contribution in [3.8, 4) is 11.5 Å². The van der Waals surface area contributed by atoms with Crippen molar-refractivity contribution in [2.24, 2.45) is 0 Å². The second-order valence-corrected chi connectivity index (χ2v) is 5.26.